The van der Waals surface area contributed by atoms with Crippen LogP contribution in [-0.2, 0) is 0 Å². The molecule has 0 bridgehead atoms. The second-order valence-electron chi connectivity index (χ2n) is 4.17. The highest BCUT2D eigenvalue weighted by Gasteiger charge is 2.07. The van der Waals surface area contributed by atoms with E-state index in [0.29, 0.717) is 21.7 Å². The first-order valence-corrected chi connectivity index (χ1v) is 6.87. The van der Waals surface area contributed by atoms with Crippen molar-refractivity contribution in [2.24, 2.45) is 5.10 Å². The number of tetrazole rings is 1. The molecule has 0 aliphatic carbocycles. The standard InChI is InChI=1S/C12H10BrN7O2/c1-22-9-5-7(4-8(13)12(9)21)6-14-15-10-2-3-11-16-18-19-20(11)17-10/h2-6,21H,1H3,(H,15,17)/b14-6-. The first-order chi connectivity index (χ1) is 10.7. The van der Waals surface area contributed by atoms with E-state index in [9.17, 15) is 5.11 Å². The molecule has 3 aromatic rings. The molecule has 9 nitrogen and oxygen atoms in total. The van der Waals surface area contributed by atoms with Gasteiger partial charge in [0.1, 0.15) is 0 Å². The lowest BCUT2D eigenvalue weighted by Gasteiger charge is -2.06. The maximum absolute atomic E-state index is 9.74. The number of methoxy groups -OCH3 is 1. The monoisotopic (exact) mass is 363 g/mol. The quantitative estimate of drug-likeness (QED) is 0.532. The van der Waals surface area contributed by atoms with E-state index in [4.69, 9.17) is 4.74 Å². The summed E-state index contributed by atoms with van der Waals surface area (Å²) in [5, 5.41) is 28.9. The topological polar surface area (TPSA) is 110 Å². The summed E-state index contributed by atoms with van der Waals surface area (Å²) in [6.07, 6.45) is 1.57. The summed E-state index contributed by atoms with van der Waals surface area (Å²) in [7, 11) is 1.48. The highest BCUT2D eigenvalue weighted by Crippen LogP contribution is 2.34. The van der Waals surface area contributed by atoms with Crippen LogP contribution in [0.1, 0.15) is 5.56 Å². The van der Waals surface area contributed by atoms with E-state index in [2.05, 4.69) is 47.1 Å². The van der Waals surface area contributed by atoms with Gasteiger partial charge in [-0.3, -0.25) is 5.43 Å². The van der Waals surface area contributed by atoms with Gasteiger partial charge in [0.15, 0.2) is 23.0 Å². The summed E-state index contributed by atoms with van der Waals surface area (Å²) in [6.45, 7) is 0. The van der Waals surface area contributed by atoms with Gasteiger partial charge in [0.2, 0.25) is 0 Å². The van der Waals surface area contributed by atoms with Crippen molar-refractivity contribution in [3.63, 3.8) is 0 Å². The average molecular weight is 364 g/mol. The fourth-order valence-electron chi connectivity index (χ4n) is 1.71. The first kappa shape index (κ1) is 14.2. The Morgan fingerprint density at radius 1 is 1.41 bits per heavy atom. The van der Waals surface area contributed by atoms with Gasteiger partial charge in [0, 0.05) is 0 Å². The molecule has 2 aromatic heterocycles. The van der Waals surface area contributed by atoms with Crippen LogP contribution in [0.3, 0.4) is 0 Å². The van der Waals surface area contributed by atoms with Crippen molar-refractivity contribution in [3.05, 3.63) is 34.3 Å². The number of hydrogen-bond donors (Lipinski definition) is 2. The van der Waals surface area contributed by atoms with Gasteiger partial charge in [0.25, 0.3) is 0 Å². The van der Waals surface area contributed by atoms with E-state index in [1.54, 1.807) is 30.5 Å². The molecule has 2 heterocycles. The maximum atomic E-state index is 9.74. The molecule has 0 aliphatic rings. The molecule has 2 N–H and O–H groups in total. The molecule has 0 radical (unpaired) electrons. The van der Waals surface area contributed by atoms with E-state index >= 15 is 0 Å². The zero-order chi connectivity index (χ0) is 15.5. The number of benzene rings is 1. The normalized spacial score (nSPS) is 11.2. The zero-order valence-electron chi connectivity index (χ0n) is 11.3. The molecule has 0 aliphatic heterocycles. The van der Waals surface area contributed by atoms with Gasteiger partial charge < -0.3 is 9.84 Å². The summed E-state index contributed by atoms with van der Waals surface area (Å²) in [5.41, 5.74) is 4.05. The lowest BCUT2D eigenvalue weighted by Crippen LogP contribution is -2.00. The lowest BCUT2D eigenvalue weighted by molar-refractivity contribution is 0.372. The first-order valence-electron chi connectivity index (χ1n) is 6.08. The average Bonchev–Trinajstić information content (AvgIpc) is 2.98. The second kappa shape index (κ2) is 5.93. The van der Waals surface area contributed by atoms with E-state index in [0.717, 1.165) is 5.56 Å². The fraction of sp³-hybridized carbons (Fsp3) is 0.0833. The fourth-order valence-corrected chi connectivity index (χ4v) is 2.17. The molecular weight excluding hydrogens is 354 g/mol. The Balaban J connectivity index is 1.78. The van der Waals surface area contributed by atoms with Crippen LogP contribution in [0.2, 0.25) is 0 Å². The van der Waals surface area contributed by atoms with Crippen LogP contribution in [0.4, 0.5) is 5.82 Å². The Hall–Kier alpha value is -2.75. The van der Waals surface area contributed by atoms with E-state index in [1.165, 1.54) is 11.7 Å². The number of anilines is 1. The second-order valence-corrected chi connectivity index (χ2v) is 5.02. The van der Waals surface area contributed by atoms with Crippen LogP contribution in [0.15, 0.2) is 33.8 Å². The number of halogens is 1. The third kappa shape index (κ3) is 2.81. The van der Waals surface area contributed by atoms with Crippen LogP contribution in [-0.4, -0.2) is 43.7 Å². The lowest BCUT2D eigenvalue weighted by atomic mass is 10.2. The molecule has 22 heavy (non-hydrogen) atoms. The predicted molar refractivity (Wildman–Crippen MR) is 82.2 cm³/mol. The molecule has 0 unspecified atom stereocenters. The smallest absolute Gasteiger partial charge is 0.200 e. The van der Waals surface area contributed by atoms with E-state index in [-0.39, 0.29) is 5.75 Å². The van der Waals surface area contributed by atoms with Gasteiger partial charge in [-0.25, -0.2) is 0 Å². The molecular formula is C12H10BrN7O2. The van der Waals surface area contributed by atoms with Gasteiger partial charge in [-0.1, -0.05) is 0 Å². The largest absolute Gasteiger partial charge is 0.503 e. The van der Waals surface area contributed by atoms with Crippen molar-refractivity contribution in [2.75, 3.05) is 12.5 Å². The van der Waals surface area contributed by atoms with Crippen LogP contribution >= 0.6 is 15.9 Å². The van der Waals surface area contributed by atoms with Crippen molar-refractivity contribution in [2.45, 2.75) is 0 Å². The number of rotatable bonds is 4. The van der Waals surface area contributed by atoms with Crippen LogP contribution in [0.25, 0.3) is 5.65 Å². The summed E-state index contributed by atoms with van der Waals surface area (Å²) < 4.78 is 6.88. The summed E-state index contributed by atoms with van der Waals surface area (Å²) >= 11 is 3.25. The van der Waals surface area contributed by atoms with Crippen molar-refractivity contribution in [1.82, 2.24) is 25.3 Å². The number of phenols is 1. The van der Waals surface area contributed by atoms with Gasteiger partial charge >= 0.3 is 0 Å². The third-order valence-electron chi connectivity index (χ3n) is 2.73. The van der Waals surface area contributed by atoms with Gasteiger partial charge in [-0.2, -0.15) is 5.10 Å². The Morgan fingerprint density at radius 3 is 3.09 bits per heavy atom. The zero-order valence-corrected chi connectivity index (χ0v) is 12.9. The highest BCUT2D eigenvalue weighted by molar-refractivity contribution is 9.10. The maximum Gasteiger partial charge on any atom is 0.200 e. The van der Waals surface area contributed by atoms with Crippen LogP contribution in [0, 0.1) is 0 Å². The van der Waals surface area contributed by atoms with Crippen molar-refractivity contribution < 1.29 is 9.84 Å². The molecule has 3 rings (SSSR count). The molecule has 0 spiro atoms. The SMILES string of the molecule is COc1cc(/C=N\Nc2ccc3nnnn3n2)cc(Br)c1O. The summed E-state index contributed by atoms with van der Waals surface area (Å²) in [5.74, 6) is 0.878. The van der Waals surface area contributed by atoms with Gasteiger partial charge in [-0.05, 0) is 56.2 Å². The third-order valence-corrected chi connectivity index (χ3v) is 3.34. The Bertz CT molecular complexity index is 849. The van der Waals surface area contributed by atoms with Gasteiger partial charge in [0.05, 0.1) is 17.8 Å². The highest BCUT2D eigenvalue weighted by atomic mass is 79.9. The molecule has 0 amide bonds. The number of aromatic hydroxyl groups is 1. The van der Waals surface area contributed by atoms with Gasteiger partial charge in [-0.15, -0.1) is 14.8 Å². The Labute approximate surface area is 132 Å². The molecule has 112 valence electrons. The van der Waals surface area contributed by atoms with E-state index < -0.39 is 0 Å². The van der Waals surface area contributed by atoms with Crippen LogP contribution in [0.5, 0.6) is 11.5 Å². The number of aromatic nitrogens is 5. The minimum atomic E-state index is 0.0402. The van der Waals surface area contributed by atoms with Crippen LogP contribution < -0.4 is 10.2 Å². The van der Waals surface area contributed by atoms with E-state index in [1.807, 2.05) is 0 Å². The number of fused-ring (bicyclic) bond motifs is 1. The van der Waals surface area contributed by atoms with Crippen molar-refractivity contribution >= 4 is 33.6 Å². The van der Waals surface area contributed by atoms with Crippen molar-refractivity contribution in [1.29, 1.82) is 0 Å². The number of ether oxygens (including phenoxy) is 1. The minimum Gasteiger partial charge on any atom is -0.503 e. The molecule has 1 aromatic carbocycles. The molecule has 10 heteroatoms. The number of nitrogens with zero attached hydrogens (tertiary/aromatic N) is 6. The molecule has 0 saturated carbocycles. The molecule has 0 saturated heterocycles. The van der Waals surface area contributed by atoms with Crippen molar-refractivity contribution in [3.8, 4) is 11.5 Å². The number of phenolic OH excluding ortho intramolecular Hbond substituents is 1. The summed E-state index contributed by atoms with van der Waals surface area (Å²) in [4.78, 5) is 0. The number of nitrogens with one attached hydrogen (secondary N) is 1. The Kier molecular flexibility index (Phi) is 3.83. The summed E-state index contributed by atoms with van der Waals surface area (Å²) in [6, 6.07) is 6.78. The predicted octanol–water partition coefficient (Wildman–Crippen LogP) is 1.44. The number of hydrogen-bond acceptors (Lipinski definition) is 8. The molecule has 0 atom stereocenters. The number of hydrazone groups is 1. The Morgan fingerprint density at radius 2 is 2.27 bits per heavy atom. The minimum absolute atomic E-state index is 0.0402. The molecule has 0 fully saturated rings.